The van der Waals surface area contributed by atoms with Gasteiger partial charge in [0.1, 0.15) is 11.2 Å². The third-order valence-corrected chi connectivity index (χ3v) is 5.96. The zero-order valence-corrected chi connectivity index (χ0v) is 17.3. The summed E-state index contributed by atoms with van der Waals surface area (Å²) in [5.74, 6) is 0.730. The molecule has 31 heavy (non-hydrogen) atoms. The minimum absolute atomic E-state index is 0.662. The second-order valence-corrected chi connectivity index (χ2v) is 8.14. The van der Waals surface area contributed by atoms with E-state index in [0.717, 1.165) is 51.3 Å². The normalized spacial score (nSPS) is 14.7. The van der Waals surface area contributed by atoms with E-state index < -0.39 is 0 Å². The van der Waals surface area contributed by atoms with Crippen LogP contribution in [-0.4, -0.2) is 53.1 Å². The monoisotopic (exact) mass is 410 g/mol. The summed E-state index contributed by atoms with van der Waals surface area (Å²) in [4.78, 5) is 24.0. The molecule has 154 valence electrons. The van der Waals surface area contributed by atoms with E-state index in [-0.39, 0.29) is 0 Å². The Balaban J connectivity index is 1.40. The van der Waals surface area contributed by atoms with Crippen LogP contribution in [0.5, 0.6) is 0 Å². The van der Waals surface area contributed by atoms with Crippen LogP contribution in [0, 0.1) is 6.92 Å². The summed E-state index contributed by atoms with van der Waals surface area (Å²) in [5.41, 5.74) is 7.49. The fourth-order valence-corrected chi connectivity index (χ4v) is 4.36. The number of aromatic amines is 2. The largest absolute Gasteiger partial charge is 0.337 e. The molecule has 8 heteroatoms. The van der Waals surface area contributed by atoms with Crippen molar-refractivity contribution in [2.75, 3.05) is 13.1 Å². The second kappa shape index (κ2) is 7.24. The van der Waals surface area contributed by atoms with E-state index in [1.54, 1.807) is 6.20 Å². The van der Waals surface area contributed by atoms with Crippen LogP contribution in [0.25, 0.3) is 44.7 Å². The Morgan fingerprint density at radius 2 is 1.90 bits per heavy atom. The molecule has 1 aliphatic rings. The summed E-state index contributed by atoms with van der Waals surface area (Å²) in [7, 11) is 0. The van der Waals surface area contributed by atoms with Crippen molar-refractivity contribution in [2.45, 2.75) is 26.3 Å². The van der Waals surface area contributed by atoms with E-state index in [9.17, 15) is 0 Å². The van der Waals surface area contributed by atoms with Gasteiger partial charge in [-0.15, -0.1) is 0 Å². The molecule has 5 aromatic heterocycles. The number of nitrogens with one attached hydrogen (secondary N) is 2. The Kier molecular flexibility index (Phi) is 4.24. The first-order valence-corrected chi connectivity index (χ1v) is 10.6. The maximum absolute atomic E-state index is 4.74. The molecule has 0 amide bonds. The van der Waals surface area contributed by atoms with Gasteiger partial charge in [-0.3, -0.25) is 20.0 Å². The highest BCUT2D eigenvalue weighted by molar-refractivity contribution is 5.93. The van der Waals surface area contributed by atoms with Crippen LogP contribution in [-0.2, 0) is 6.54 Å². The Morgan fingerprint density at radius 3 is 2.77 bits per heavy atom. The van der Waals surface area contributed by atoms with Crippen molar-refractivity contribution in [1.29, 1.82) is 0 Å². The molecule has 0 bridgehead atoms. The fourth-order valence-electron chi connectivity index (χ4n) is 4.36. The highest BCUT2D eigenvalue weighted by atomic mass is 15.2. The van der Waals surface area contributed by atoms with Gasteiger partial charge in [-0.2, -0.15) is 5.10 Å². The predicted octanol–water partition coefficient (Wildman–Crippen LogP) is 3.86. The molecule has 0 aromatic carbocycles. The molecule has 1 saturated heterocycles. The third-order valence-electron chi connectivity index (χ3n) is 5.96. The Morgan fingerprint density at radius 1 is 1.03 bits per heavy atom. The van der Waals surface area contributed by atoms with Crippen LogP contribution in [0.3, 0.4) is 0 Å². The average Bonchev–Trinajstić information content (AvgIpc) is 3.53. The van der Waals surface area contributed by atoms with Crippen molar-refractivity contribution in [3.63, 3.8) is 0 Å². The molecule has 0 radical (unpaired) electrons. The van der Waals surface area contributed by atoms with Crippen molar-refractivity contribution < 1.29 is 0 Å². The lowest BCUT2D eigenvalue weighted by Crippen LogP contribution is -2.18. The smallest absolute Gasteiger partial charge is 0.181 e. The van der Waals surface area contributed by atoms with Crippen LogP contribution >= 0.6 is 0 Å². The minimum atomic E-state index is 0.662. The maximum atomic E-state index is 4.74. The van der Waals surface area contributed by atoms with Crippen molar-refractivity contribution in [2.24, 2.45) is 0 Å². The van der Waals surface area contributed by atoms with Crippen LogP contribution in [0.2, 0.25) is 0 Å². The van der Waals surface area contributed by atoms with E-state index in [1.165, 1.54) is 31.5 Å². The standard InChI is InChI=1S/C23H22N8/c1-14-20-19(4-5-25-14)27-23(28-20)21-18-9-17(12-26-22(18)30-29-21)16-8-15(10-24-11-16)13-31-6-2-3-7-31/h4-5,8-12H,2-3,6-7,13H2,1H3,(H,27,28)(H,26,29,30). The van der Waals surface area contributed by atoms with Crippen LogP contribution in [0.15, 0.2) is 43.0 Å². The summed E-state index contributed by atoms with van der Waals surface area (Å²) in [6, 6.07) is 6.25. The number of hydrogen-bond donors (Lipinski definition) is 2. The van der Waals surface area contributed by atoms with E-state index in [2.05, 4.69) is 47.2 Å². The Hall–Kier alpha value is -3.65. The van der Waals surface area contributed by atoms with Gasteiger partial charge in [-0.05, 0) is 56.6 Å². The number of hydrogen-bond acceptors (Lipinski definition) is 6. The van der Waals surface area contributed by atoms with Crippen molar-refractivity contribution in [3.8, 4) is 22.6 Å². The zero-order valence-electron chi connectivity index (χ0n) is 17.3. The number of aromatic nitrogens is 7. The molecule has 1 fully saturated rings. The molecule has 5 aromatic rings. The minimum Gasteiger partial charge on any atom is -0.337 e. The lowest BCUT2D eigenvalue weighted by molar-refractivity contribution is 0.331. The van der Waals surface area contributed by atoms with Crippen LogP contribution in [0.4, 0.5) is 0 Å². The molecule has 0 saturated carbocycles. The van der Waals surface area contributed by atoms with Gasteiger partial charge < -0.3 is 4.98 Å². The van der Waals surface area contributed by atoms with E-state index in [0.29, 0.717) is 5.65 Å². The topological polar surface area (TPSA) is 99.3 Å². The number of likely N-dealkylation sites (tertiary alicyclic amines) is 1. The summed E-state index contributed by atoms with van der Waals surface area (Å²) < 4.78 is 0. The third kappa shape index (κ3) is 3.25. The van der Waals surface area contributed by atoms with Gasteiger partial charge >= 0.3 is 0 Å². The van der Waals surface area contributed by atoms with Gasteiger partial charge in [0.05, 0.1) is 16.6 Å². The highest BCUT2D eigenvalue weighted by Crippen LogP contribution is 2.29. The van der Waals surface area contributed by atoms with Gasteiger partial charge in [-0.25, -0.2) is 9.97 Å². The molecular formula is C23H22N8. The zero-order chi connectivity index (χ0) is 20.8. The average molecular weight is 410 g/mol. The molecule has 6 rings (SSSR count). The van der Waals surface area contributed by atoms with Crippen LogP contribution in [0.1, 0.15) is 24.1 Å². The number of nitrogens with zero attached hydrogens (tertiary/aromatic N) is 6. The highest BCUT2D eigenvalue weighted by Gasteiger charge is 2.16. The molecule has 0 spiro atoms. The Bertz CT molecular complexity index is 1390. The number of aryl methyl sites for hydroxylation is 1. The molecule has 1 aliphatic heterocycles. The quantitative estimate of drug-likeness (QED) is 0.467. The van der Waals surface area contributed by atoms with Crippen molar-refractivity contribution in [1.82, 2.24) is 40.0 Å². The number of fused-ring (bicyclic) bond motifs is 2. The second-order valence-electron chi connectivity index (χ2n) is 8.14. The summed E-state index contributed by atoms with van der Waals surface area (Å²) in [5, 5.41) is 8.40. The van der Waals surface area contributed by atoms with Crippen molar-refractivity contribution in [3.05, 3.63) is 54.2 Å². The number of pyridine rings is 3. The SMILES string of the molecule is Cc1nccc2[nH]c(-c3[nH]nc4ncc(-c5cncc(CN6CCCC6)c5)cc34)nc12. The van der Waals surface area contributed by atoms with Gasteiger partial charge in [-0.1, -0.05) is 0 Å². The van der Waals surface area contributed by atoms with Crippen molar-refractivity contribution >= 4 is 22.1 Å². The van der Waals surface area contributed by atoms with Gasteiger partial charge in [0.15, 0.2) is 11.5 Å². The molecule has 0 unspecified atom stereocenters. The van der Waals surface area contributed by atoms with Gasteiger partial charge in [0.25, 0.3) is 0 Å². The summed E-state index contributed by atoms with van der Waals surface area (Å²) in [6.07, 6.45) is 10.1. The lowest BCUT2D eigenvalue weighted by Gasteiger charge is -2.14. The van der Waals surface area contributed by atoms with Gasteiger partial charge in [0, 0.05) is 42.5 Å². The number of imidazole rings is 1. The predicted molar refractivity (Wildman–Crippen MR) is 119 cm³/mol. The first kappa shape index (κ1) is 18.1. The fraction of sp³-hybridized carbons (Fsp3) is 0.261. The molecule has 8 nitrogen and oxygen atoms in total. The first-order chi connectivity index (χ1) is 15.2. The summed E-state index contributed by atoms with van der Waals surface area (Å²) in [6.45, 7) is 5.24. The molecule has 2 N–H and O–H groups in total. The molecule has 0 atom stereocenters. The molecule has 6 heterocycles. The van der Waals surface area contributed by atoms with E-state index in [1.807, 2.05) is 31.6 Å². The Labute approximate surface area is 178 Å². The van der Waals surface area contributed by atoms with E-state index >= 15 is 0 Å². The molecule has 0 aliphatic carbocycles. The van der Waals surface area contributed by atoms with Crippen LogP contribution < -0.4 is 0 Å². The number of rotatable bonds is 4. The molecular weight excluding hydrogens is 388 g/mol. The first-order valence-electron chi connectivity index (χ1n) is 10.6. The maximum Gasteiger partial charge on any atom is 0.181 e. The van der Waals surface area contributed by atoms with Gasteiger partial charge in [0.2, 0.25) is 0 Å². The lowest BCUT2D eigenvalue weighted by atomic mass is 10.1. The summed E-state index contributed by atoms with van der Waals surface area (Å²) >= 11 is 0. The number of H-pyrrole nitrogens is 2. The van der Waals surface area contributed by atoms with E-state index in [4.69, 9.17) is 4.98 Å².